The predicted octanol–water partition coefficient (Wildman–Crippen LogP) is 5.98. The molecule has 0 spiro atoms. The van der Waals surface area contributed by atoms with Crippen LogP contribution >= 0.6 is 11.6 Å². The van der Waals surface area contributed by atoms with E-state index >= 15 is 0 Å². The van der Waals surface area contributed by atoms with Crippen molar-refractivity contribution in [2.75, 3.05) is 5.32 Å². The van der Waals surface area contributed by atoms with Crippen LogP contribution in [0.4, 0.5) is 10.5 Å². The average Bonchev–Trinajstić information content (AvgIpc) is 2.64. The molecular weight excluding hydrogens is 362 g/mol. The Bertz CT molecular complexity index is 935. The Balaban J connectivity index is 1.69. The molecule has 0 heterocycles. The van der Waals surface area contributed by atoms with Gasteiger partial charge < -0.3 is 9.84 Å². The molecule has 0 aliphatic rings. The highest BCUT2D eigenvalue weighted by molar-refractivity contribution is 6.30. The van der Waals surface area contributed by atoms with Crippen LogP contribution in [0.15, 0.2) is 72.8 Å². The first-order chi connectivity index (χ1) is 12.8. The van der Waals surface area contributed by atoms with Crippen molar-refractivity contribution >= 4 is 23.4 Å². The number of ether oxygens (including phenoxy) is 1. The van der Waals surface area contributed by atoms with Crippen molar-refractivity contribution < 1.29 is 14.6 Å². The standard InChI is InChI=1S/C22H20ClNO3/c1-22(2,16-4-3-5-19(25)14-16)15-6-10-18(11-7-15)24-21(26)27-20-12-8-17(23)9-13-20/h3-14,25H,1-2H3,(H,24,26). The first-order valence-electron chi connectivity index (χ1n) is 8.49. The van der Waals surface area contributed by atoms with Crippen molar-refractivity contribution in [3.8, 4) is 11.5 Å². The molecule has 0 aliphatic heterocycles. The number of nitrogens with one attached hydrogen (secondary N) is 1. The highest BCUT2D eigenvalue weighted by Gasteiger charge is 2.23. The van der Waals surface area contributed by atoms with Gasteiger partial charge in [0.25, 0.3) is 0 Å². The second kappa shape index (κ2) is 7.72. The van der Waals surface area contributed by atoms with Crippen LogP contribution in [0.25, 0.3) is 0 Å². The summed E-state index contributed by atoms with van der Waals surface area (Å²) in [6.07, 6.45) is -0.572. The molecule has 3 rings (SSSR count). The van der Waals surface area contributed by atoms with Crippen molar-refractivity contribution in [1.29, 1.82) is 0 Å². The number of phenolic OH excluding ortho intramolecular Hbond substituents is 1. The van der Waals surface area contributed by atoms with Crippen LogP contribution in [0.3, 0.4) is 0 Å². The van der Waals surface area contributed by atoms with E-state index in [4.69, 9.17) is 16.3 Å². The van der Waals surface area contributed by atoms with Crippen LogP contribution in [-0.2, 0) is 5.41 Å². The third-order valence-electron chi connectivity index (χ3n) is 4.45. The highest BCUT2D eigenvalue weighted by atomic mass is 35.5. The number of hydrogen-bond acceptors (Lipinski definition) is 3. The summed E-state index contributed by atoms with van der Waals surface area (Å²) in [6.45, 7) is 4.16. The van der Waals surface area contributed by atoms with Gasteiger partial charge >= 0.3 is 6.09 Å². The molecule has 3 aromatic rings. The number of amides is 1. The Morgan fingerprint density at radius 3 is 2.26 bits per heavy atom. The fraction of sp³-hybridized carbons (Fsp3) is 0.136. The molecule has 0 unspecified atom stereocenters. The molecule has 3 aromatic carbocycles. The third-order valence-corrected chi connectivity index (χ3v) is 4.70. The van der Waals surface area contributed by atoms with Gasteiger partial charge in [-0.3, -0.25) is 5.32 Å². The maximum absolute atomic E-state index is 12.0. The van der Waals surface area contributed by atoms with Crippen molar-refractivity contribution in [3.63, 3.8) is 0 Å². The largest absolute Gasteiger partial charge is 0.508 e. The van der Waals surface area contributed by atoms with Gasteiger partial charge in [-0.25, -0.2) is 4.79 Å². The summed E-state index contributed by atoms with van der Waals surface area (Å²) in [6, 6.07) is 21.3. The van der Waals surface area contributed by atoms with Crippen molar-refractivity contribution in [2.45, 2.75) is 19.3 Å². The quantitative estimate of drug-likeness (QED) is 0.584. The predicted molar refractivity (Wildman–Crippen MR) is 108 cm³/mol. The molecular formula is C22H20ClNO3. The second-order valence-corrected chi connectivity index (χ2v) is 7.16. The Morgan fingerprint density at radius 2 is 1.63 bits per heavy atom. The third kappa shape index (κ3) is 4.60. The first kappa shape index (κ1) is 18.8. The number of carbonyl (C=O) groups excluding carboxylic acids is 1. The van der Waals surface area contributed by atoms with Gasteiger partial charge in [0.2, 0.25) is 0 Å². The molecule has 138 valence electrons. The van der Waals surface area contributed by atoms with Crippen LogP contribution in [0, 0.1) is 0 Å². The van der Waals surface area contributed by atoms with Gasteiger partial charge in [-0.2, -0.15) is 0 Å². The summed E-state index contributed by atoms with van der Waals surface area (Å²) in [4.78, 5) is 12.0. The second-order valence-electron chi connectivity index (χ2n) is 6.72. The molecule has 1 amide bonds. The molecule has 0 radical (unpaired) electrons. The minimum Gasteiger partial charge on any atom is -0.508 e. The number of aromatic hydroxyl groups is 1. The zero-order valence-corrected chi connectivity index (χ0v) is 15.8. The van der Waals surface area contributed by atoms with Crippen LogP contribution in [-0.4, -0.2) is 11.2 Å². The highest BCUT2D eigenvalue weighted by Crippen LogP contribution is 2.33. The Kier molecular flexibility index (Phi) is 5.38. The maximum atomic E-state index is 12.0. The fourth-order valence-corrected chi connectivity index (χ4v) is 2.91. The first-order valence-corrected chi connectivity index (χ1v) is 8.87. The normalized spacial score (nSPS) is 11.1. The van der Waals surface area contributed by atoms with Gasteiger partial charge in [-0.15, -0.1) is 0 Å². The van der Waals surface area contributed by atoms with E-state index in [-0.39, 0.29) is 11.2 Å². The number of rotatable bonds is 4. The lowest BCUT2D eigenvalue weighted by Gasteiger charge is -2.26. The number of anilines is 1. The molecule has 0 fully saturated rings. The summed E-state index contributed by atoms with van der Waals surface area (Å²) in [7, 11) is 0. The number of phenols is 1. The lowest BCUT2D eigenvalue weighted by Crippen LogP contribution is -2.19. The van der Waals surface area contributed by atoms with E-state index in [1.807, 2.05) is 36.4 Å². The number of carbonyl (C=O) groups is 1. The van der Waals surface area contributed by atoms with E-state index in [1.54, 1.807) is 36.4 Å². The van der Waals surface area contributed by atoms with E-state index in [0.717, 1.165) is 11.1 Å². The number of hydrogen-bond donors (Lipinski definition) is 2. The number of halogens is 1. The van der Waals surface area contributed by atoms with Gasteiger partial charge in [0, 0.05) is 16.1 Å². The molecule has 0 atom stereocenters. The van der Waals surface area contributed by atoms with Gasteiger partial charge in [-0.05, 0) is 59.7 Å². The molecule has 4 nitrogen and oxygen atoms in total. The minimum absolute atomic E-state index is 0.240. The van der Waals surface area contributed by atoms with Crippen LogP contribution in [0.1, 0.15) is 25.0 Å². The van der Waals surface area contributed by atoms with Crippen molar-refractivity contribution in [3.05, 3.63) is 88.9 Å². The van der Waals surface area contributed by atoms with Crippen molar-refractivity contribution in [1.82, 2.24) is 0 Å². The molecule has 0 bridgehead atoms. The SMILES string of the molecule is CC(C)(c1ccc(NC(=O)Oc2ccc(Cl)cc2)cc1)c1cccc(O)c1. The topological polar surface area (TPSA) is 58.6 Å². The summed E-state index contributed by atoms with van der Waals surface area (Å²) in [5.74, 6) is 0.655. The number of benzene rings is 3. The molecule has 2 N–H and O–H groups in total. The average molecular weight is 382 g/mol. The van der Waals surface area contributed by atoms with E-state index in [2.05, 4.69) is 19.2 Å². The minimum atomic E-state index is -0.572. The fourth-order valence-electron chi connectivity index (χ4n) is 2.78. The van der Waals surface area contributed by atoms with Gasteiger partial charge in [-0.1, -0.05) is 49.7 Å². The molecule has 0 saturated carbocycles. The molecule has 0 saturated heterocycles. The summed E-state index contributed by atoms with van der Waals surface area (Å²) in [5.41, 5.74) is 2.40. The van der Waals surface area contributed by atoms with Crippen molar-refractivity contribution in [2.24, 2.45) is 0 Å². The molecule has 5 heteroatoms. The van der Waals surface area contributed by atoms with Gasteiger partial charge in [0.05, 0.1) is 0 Å². The zero-order chi connectivity index (χ0) is 19.4. The lowest BCUT2D eigenvalue weighted by atomic mass is 9.78. The molecule has 0 aliphatic carbocycles. The van der Waals surface area contributed by atoms with Crippen LogP contribution in [0.2, 0.25) is 5.02 Å². The monoisotopic (exact) mass is 381 g/mol. The van der Waals surface area contributed by atoms with E-state index in [1.165, 1.54) is 0 Å². The van der Waals surface area contributed by atoms with Crippen LogP contribution in [0.5, 0.6) is 11.5 Å². The van der Waals surface area contributed by atoms with Crippen LogP contribution < -0.4 is 10.1 Å². The van der Waals surface area contributed by atoms with Gasteiger partial charge in [0.15, 0.2) is 0 Å². The Morgan fingerprint density at radius 1 is 0.963 bits per heavy atom. The maximum Gasteiger partial charge on any atom is 0.417 e. The zero-order valence-electron chi connectivity index (χ0n) is 15.1. The van der Waals surface area contributed by atoms with E-state index in [9.17, 15) is 9.90 Å². The summed E-state index contributed by atoms with van der Waals surface area (Å²) in [5, 5.41) is 13.0. The Hall–Kier alpha value is -2.98. The molecule has 0 aromatic heterocycles. The molecule has 27 heavy (non-hydrogen) atoms. The van der Waals surface area contributed by atoms with Gasteiger partial charge in [0.1, 0.15) is 11.5 Å². The lowest BCUT2D eigenvalue weighted by molar-refractivity contribution is 0.215. The summed E-state index contributed by atoms with van der Waals surface area (Å²) < 4.78 is 5.22. The summed E-state index contributed by atoms with van der Waals surface area (Å²) >= 11 is 5.81. The van der Waals surface area contributed by atoms with E-state index in [0.29, 0.717) is 16.5 Å². The smallest absolute Gasteiger partial charge is 0.417 e. The van der Waals surface area contributed by atoms with E-state index < -0.39 is 6.09 Å². The Labute approximate surface area is 163 Å².